The number of nitrogens with one attached hydrogen (secondary N) is 1. The van der Waals surface area contributed by atoms with E-state index >= 15 is 0 Å². The maximum atomic E-state index is 13.5. The van der Waals surface area contributed by atoms with Crippen molar-refractivity contribution in [1.29, 1.82) is 0 Å². The number of aryl methyl sites for hydroxylation is 3. The predicted octanol–water partition coefficient (Wildman–Crippen LogP) is 5.10. The molecule has 30 heavy (non-hydrogen) atoms. The van der Waals surface area contributed by atoms with Crippen LogP contribution in [0.4, 0.5) is 11.4 Å². The van der Waals surface area contributed by atoms with Gasteiger partial charge >= 0.3 is 0 Å². The van der Waals surface area contributed by atoms with Crippen molar-refractivity contribution in [3.8, 4) is 0 Å². The first-order chi connectivity index (χ1) is 14.2. The maximum Gasteiger partial charge on any atom is 0.264 e. The largest absolute Gasteiger partial charge is 0.325 e. The van der Waals surface area contributed by atoms with Crippen LogP contribution in [0.3, 0.4) is 0 Å². The Kier molecular flexibility index (Phi) is 6.48. The van der Waals surface area contributed by atoms with E-state index in [1.165, 1.54) is 12.1 Å². The van der Waals surface area contributed by atoms with E-state index in [1.54, 1.807) is 43.3 Å². The van der Waals surface area contributed by atoms with Crippen LogP contribution in [0.25, 0.3) is 0 Å². The number of hydrogen-bond acceptors (Lipinski definition) is 3. The fraction of sp³-hybridized carbons (Fsp3) is 0.174. The van der Waals surface area contributed by atoms with E-state index in [0.29, 0.717) is 22.0 Å². The van der Waals surface area contributed by atoms with Crippen LogP contribution in [0, 0.1) is 20.8 Å². The molecule has 0 saturated carbocycles. The highest BCUT2D eigenvalue weighted by Gasteiger charge is 2.28. The molecule has 0 atom stereocenters. The van der Waals surface area contributed by atoms with E-state index in [0.717, 1.165) is 15.4 Å². The number of carbonyl (C=O) groups is 1. The highest BCUT2D eigenvalue weighted by molar-refractivity contribution is 7.92. The monoisotopic (exact) mass is 442 g/mol. The molecule has 0 unspecified atom stereocenters. The van der Waals surface area contributed by atoms with Gasteiger partial charge in [0.15, 0.2) is 0 Å². The fourth-order valence-electron chi connectivity index (χ4n) is 3.04. The predicted molar refractivity (Wildman–Crippen MR) is 122 cm³/mol. The minimum atomic E-state index is -3.99. The molecule has 0 fully saturated rings. The van der Waals surface area contributed by atoms with Crippen LogP contribution in [-0.4, -0.2) is 20.9 Å². The van der Waals surface area contributed by atoms with Crippen molar-refractivity contribution in [2.75, 3.05) is 16.2 Å². The summed E-state index contributed by atoms with van der Waals surface area (Å²) < 4.78 is 28.0. The third-order valence-electron chi connectivity index (χ3n) is 4.64. The van der Waals surface area contributed by atoms with Gasteiger partial charge in [0.25, 0.3) is 10.0 Å². The van der Waals surface area contributed by atoms with Gasteiger partial charge in [-0.25, -0.2) is 8.42 Å². The van der Waals surface area contributed by atoms with E-state index < -0.39 is 15.9 Å². The number of anilines is 2. The lowest BCUT2D eigenvalue weighted by molar-refractivity contribution is -0.114. The van der Waals surface area contributed by atoms with Crippen molar-refractivity contribution in [1.82, 2.24) is 0 Å². The number of carbonyl (C=O) groups excluding carboxylic acids is 1. The summed E-state index contributed by atoms with van der Waals surface area (Å²) in [5.74, 6) is -0.448. The first kappa shape index (κ1) is 21.9. The Morgan fingerprint density at radius 1 is 0.933 bits per heavy atom. The second-order valence-corrected chi connectivity index (χ2v) is 9.47. The zero-order valence-corrected chi connectivity index (χ0v) is 18.6. The third kappa shape index (κ3) is 5.01. The van der Waals surface area contributed by atoms with Crippen molar-refractivity contribution in [3.63, 3.8) is 0 Å². The van der Waals surface area contributed by atoms with Gasteiger partial charge < -0.3 is 5.32 Å². The number of nitrogens with zero attached hydrogens (tertiary/aromatic N) is 1. The Balaban J connectivity index is 2.00. The van der Waals surface area contributed by atoms with Crippen LogP contribution in [0.5, 0.6) is 0 Å². The average molecular weight is 443 g/mol. The SMILES string of the molecule is Cc1ccc(S(=O)(=O)N(CC(=O)Nc2cccc(C)c2)c2cc(Cl)ccc2C)cc1. The highest BCUT2D eigenvalue weighted by Crippen LogP contribution is 2.29. The van der Waals surface area contributed by atoms with Gasteiger partial charge in [0.2, 0.25) is 5.91 Å². The molecule has 3 aromatic rings. The molecule has 0 spiro atoms. The molecule has 0 heterocycles. The van der Waals surface area contributed by atoms with Gasteiger partial charge in [-0.3, -0.25) is 9.10 Å². The minimum Gasteiger partial charge on any atom is -0.325 e. The Bertz CT molecular complexity index is 1180. The van der Waals surface area contributed by atoms with E-state index in [4.69, 9.17) is 11.6 Å². The van der Waals surface area contributed by atoms with E-state index in [-0.39, 0.29) is 11.4 Å². The topological polar surface area (TPSA) is 66.5 Å². The van der Waals surface area contributed by atoms with Crippen LogP contribution in [0.1, 0.15) is 16.7 Å². The Morgan fingerprint density at radius 2 is 1.63 bits per heavy atom. The van der Waals surface area contributed by atoms with E-state index in [9.17, 15) is 13.2 Å². The van der Waals surface area contributed by atoms with Gasteiger partial charge in [-0.2, -0.15) is 0 Å². The first-order valence-corrected chi connectivity index (χ1v) is 11.2. The van der Waals surface area contributed by atoms with Gasteiger partial charge in [-0.15, -0.1) is 0 Å². The summed E-state index contributed by atoms with van der Waals surface area (Å²) >= 11 is 6.14. The molecule has 0 aliphatic heterocycles. The maximum absolute atomic E-state index is 13.5. The molecule has 3 rings (SSSR count). The molecule has 0 radical (unpaired) electrons. The molecule has 0 bridgehead atoms. The molecule has 7 heteroatoms. The summed E-state index contributed by atoms with van der Waals surface area (Å²) in [5, 5.41) is 3.16. The number of sulfonamides is 1. The third-order valence-corrected chi connectivity index (χ3v) is 6.65. The van der Waals surface area contributed by atoms with Crippen LogP contribution in [-0.2, 0) is 14.8 Å². The lowest BCUT2D eigenvalue weighted by Crippen LogP contribution is -2.38. The second-order valence-electron chi connectivity index (χ2n) is 7.17. The number of amides is 1. The van der Waals surface area contributed by atoms with Crippen molar-refractivity contribution < 1.29 is 13.2 Å². The average Bonchev–Trinajstić information content (AvgIpc) is 2.68. The number of hydrogen-bond donors (Lipinski definition) is 1. The van der Waals surface area contributed by atoms with Crippen molar-refractivity contribution in [2.24, 2.45) is 0 Å². The van der Waals surface area contributed by atoms with E-state index in [2.05, 4.69) is 5.32 Å². The number of halogens is 1. The summed E-state index contributed by atoms with van der Waals surface area (Å²) in [7, 11) is -3.99. The zero-order chi connectivity index (χ0) is 21.9. The molecule has 3 aromatic carbocycles. The van der Waals surface area contributed by atoms with Crippen LogP contribution in [0.15, 0.2) is 71.6 Å². The van der Waals surface area contributed by atoms with Gasteiger partial charge in [0, 0.05) is 10.7 Å². The molecular weight excluding hydrogens is 420 g/mol. The highest BCUT2D eigenvalue weighted by atomic mass is 35.5. The van der Waals surface area contributed by atoms with Gasteiger partial charge in [0.05, 0.1) is 10.6 Å². The Morgan fingerprint density at radius 3 is 2.30 bits per heavy atom. The first-order valence-electron chi connectivity index (χ1n) is 9.39. The summed E-state index contributed by atoms with van der Waals surface area (Å²) in [6.07, 6.45) is 0. The minimum absolute atomic E-state index is 0.107. The van der Waals surface area contributed by atoms with Crippen LogP contribution >= 0.6 is 11.6 Å². The van der Waals surface area contributed by atoms with Crippen LogP contribution < -0.4 is 9.62 Å². The number of rotatable bonds is 6. The number of benzene rings is 3. The molecule has 5 nitrogen and oxygen atoms in total. The molecule has 156 valence electrons. The molecule has 1 amide bonds. The normalized spacial score (nSPS) is 11.2. The van der Waals surface area contributed by atoms with Crippen molar-refractivity contribution in [3.05, 3.63) is 88.4 Å². The summed E-state index contributed by atoms with van der Waals surface area (Å²) in [6, 6.07) is 18.8. The quantitative estimate of drug-likeness (QED) is 0.577. The standard InChI is InChI=1S/C23H23ClN2O3S/c1-16-7-11-21(12-8-16)30(28,29)26(22-14-19(24)10-9-18(22)3)15-23(27)25-20-6-4-5-17(2)13-20/h4-14H,15H2,1-3H3,(H,25,27). The summed E-state index contributed by atoms with van der Waals surface area (Å²) in [6.45, 7) is 5.19. The lowest BCUT2D eigenvalue weighted by atomic mass is 10.2. The molecule has 0 aliphatic rings. The summed E-state index contributed by atoms with van der Waals surface area (Å²) in [4.78, 5) is 12.9. The second kappa shape index (κ2) is 8.90. The molecule has 0 saturated heterocycles. The Hall–Kier alpha value is -2.83. The molecule has 0 aromatic heterocycles. The summed E-state index contributed by atoms with van der Waals surface area (Å²) in [5.41, 5.74) is 3.59. The molecular formula is C23H23ClN2O3S. The Labute approximate surface area is 182 Å². The fourth-order valence-corrected chi connectivity index (χ4v) is 4.69. The zero-order valence-electron chi connectivity index (χ0n) is 17.0. The smallest absolute Gasteiger partial charge is 0.264 e. The van der Waals surface area contributed by atoms with Gasteiger partial charge in [-0.1, -0.05) is 47.5 Å². The molecule has 1 N–H and O–H groups in total. The van der Waals surface area contributed by atoms with Gasteiger partial charge in [0.1, 0.15) is 6.54 Å². The van der Waals surface area contributed by atoms with E-state index in [1.807, 2.05) is 32.0 Å². The molecule has 0 aliphatic carbocycles. The van der Waals surface area contributed by atoms with Crippen molar-refractivity contribution >= 4 is 38.9 Å². The van der Waals surface area contributed by atoms with Crippen molar-refractivity contribution in [2.45, 2.75) is 25.7 Å². The van der Waals surface area contributed by atoms with Gasteiger partial charge in [-0.05, 0) is 68.3 Å². The van der Waals surface area contributed by atoms with Crippen LogP contribution in [0.2, 0.25) is 5.02 Å². The lowest BCUT2D eigenvalue weighted by Gasteiger charge is -2.26.